The molecule has 0 N–H and O–H groups in total. The van der Waals surface area contributed by atoms with Crippen molar-refractivity contribution >= 4 is 21.5 Å². The van der Waals surface area contributed by atoms with Crippen LogP contribution in [0.3, 0.4) is 0 Å². The largest absolute Gasteiger partial charge is 0.0616 e. The molecular weight excluding hydrogens is 372 g/mol. The van der Waals surface area contributed by atoms with Crippen molar-refractivity contribution in [1.29, 1.82) is 0 Å². The summed E-state index contributed by atoms with van der Waals surface area (Å²) >= 11 is 0. The molecule has 0 bridgehead atoms. The molecule has 1 aliphatic rings. The molecule has 31 heavy (non-hydrogen) atoms. The first-order valence-corrected chi connectivity index (χ1v) is 11.2. The second kappa shape index (κ2) is 6.56. The van der Waals surface area contributed by atoms with Crippen LogP contribution in [0.1, 0.15) is 37.5 Å². The van der Waals surface area contributed by atoms with Gasteiger partial charge in [0.25, 0.3) is 0 Å². The maximum absolute atomic E-state index is 2.33. The Balaban J connectivity index is 1.68. The Morgan fingerprint density at radius 3 is 1.74 bits per heavy atom. The van der Waals surface area contributed by atoms with Crippen molar-refractivity contribution in [2.24, 2.45) is 0 Å². The van der Waals surface area contributed by atoms with E-state index in [1.54, 1.807) is 0 Å². The summed E-state index contributed by atoms with van der Waals surface area (Å²) in [5.74, 6) is 0. The quantitative estimate of drug-likeness (QED) is 0.243. The number of fused-ring (bicyclic) bond motifs is 5. The van der Waals surface area contributed by atoms with Gasteiger partial charge in [0.2, 0.25) is 0 Å². The molecule has 0 spiro atoms. The highest BCUT2D eigenvalue weighted by Crippen LogP contribution is 2.47. The van der Waals surface area contributed by atoms with Gasteiger partial charge in [-0.1, -0.05) is 106 Å². The first kappa shape index (κ1) is 18.4. The highest BCUT2D eigenvalue weighted by molar-refractivity contribution is 6.13. The second-order valence-corrected chi connectivity index (χ2v) is 9.78. The standard InChI is InChI=1S/C31H26/c1-31(2,3)29-17-9-15-25-24-14-8-16-26(27(24)19-28(25)29)30-22-12-6-4-10-20(22)18-21-11-5-7-13-23(21)30/h4-18H,19H2,1-3H3. The second-order valence-electron chi connectivity index (χ2n) is 9.78. The summed E-state index contributed by atoms with van der Waals surface area (Å²) in [5, 5.41) is 5.28. The Hall–Kier alpha value is -3.38. The van der Waals surface area contributed by atoms with E-state index >= 15 is 0 Å². The van der Waals surface area contributed by atoms with Gasteiger partial charge in [-0.15, -0.1) is 0 Å². The summed E-state index contributed by atoms with van der Waals surface area (Å²) in [6.45, 7) is 6.97. The van der Waals surface area contributed by atoms with Crippen LogP contribution < -0.4 is 0 Å². The minimum absolute atomic E-state index is 0.139. The molecule has 0 fully saturated rings. The Morgan fingerprint density at radius 1 is 0.548 bits per heavy atom. The summed E-state index contributed by atoms with van der Waals surface area (Å²) in [6.07, 6.45) is 1.01. The predicted octanol–water partition coefficient (Wildman–Crippen LogP) is 8.53. The topological polar surface area (TPSA) is 0 Å². The molecule has 0 saturated heterocycles. The molecule has 0 radical (unpaired) electrons. The van der Waals surface area contributed by atoms with Crippen LogP contribution in [0.15, 0.2) is 91.0 Å². The third kappa shape index (κ3) is 2.75. The van der Waals surface area contributed by atoms with Crippen molar-refractivity contribution < 1.29 is 0 Å². The fraction of sp³-hybridized carbons (Fsp3) is 0.161. The highest BCUT2D eigenvalue weighted by Gasteiger charge is 2.28. The van der Waals surface area contributed by atoms with Crippen molar-refractivity contribution in [2.75, 3.05) is 0 Å². The molecule has 0 amide bonds. The normalized spacial score (nSPS) is 12.9. The molecule has 5 aromatic rings. The van der Waals surface area contributed by atoms with Gasteiger partial charge >= 0.3 is 0 Å². The first-order chi connectivity index (χ1) is 15.0. The van der Waals surface area contributed by atoms with E-state index in [2.05, 4.69) is 112 Å². The maximum atomic E-state index is 2.33. The van der Waals surface area contributed by atoms with Crippen LogP contribution in [0.5, 0.6) is 0 Å². The number of hydrogen-bond acceptors (Lipinski definition) is 0. The predicted molar refractivity (Wildman–Crippen MR) is 134 cm³/mol. The molecule has 1 aliphatic carbocycles. The monoisotopic (exact) mass is 398 g/mol. The summed E-state index contributed by atoms with van der Waals surface area (Å²) < 4.78 is 0. The summed E-state index contributed by atoms with van der Waals surface area (Å²) in [7, 11) is 0. The molecule has 0 nitrogen and oxygen atoms in total. The van der Waals surface area contributed by atoms with E-state index in [0.29, 0.717) is 0 Å². The van der Waals surface area contributed by atoms with Gasteiger partial charge in [0.05, 0.1) is 0 Å². The number of benzene rings is 5. The van der Waals surface area contributed by atoms with Crippen molar-refractivity contribution in [3.05, 3.63) is 108 Å². The van der Waals surface area contributed by atoms with Gasteiger partial charge in [-0.2, -0.15) is 0 Å². The number of hydrogen-bond donors (Lipinski definition) is 0. The van der Waals surface area contributed by atoms with Crippen LogP contribution in [0.4, 0.5) is 0 Å². The third-order valence-corrected chi connectivity index (χ3v) is 6.84. The van der Waals surface area contributed by atoms with Gasteiger partial charge in [0, 0.05) is 0 Å². The van der Waals surface area contributed by atoms with Gasteiger partial charge in [0.1, 0.15) is 0 Å². The lowest BCUT2D eigenvalue weighted by Crippen LogP contribution is -2.13. The van der Waals surface area contributed by atoms with Gasteiger partial charge in [-0.25, -0.2) is 0 Å². The molecule has 0 aromatic heterocycles. The lowest BCUT2D eigenvalue weighted by molar-refractivity contribution is 0.585. The molecule has 5 aromatic carbocycles. The Bertz CT molecular complexity index is 1420. The first-order valence-electron chi connectivity index (χ1n) is 11.2. The van der Waals surface area contributed by atoms with Crippen LogP contribution in [0.2, 0.25) is 0 Å². The van der Waals surface area contributed by atoms with Crippen LogP contribution >= 0.6 is 0 Å². The van der Waals surface area contributed by atoms with Crippen LogP contribution in [-0.2, 0) is 11.8 Å². The van der Waals surface area contributed by atoms with E-state index in [1.165, 1.54) is 60.5 Å². The average molecular weight is 399 g/mol. The molecule has 0 unspecified atom stereocenters. The van der Waals surface area contributed by atoms with E-state index < -0.39 is 0 Å². The van der Waals surface area contributed by atoms with Crippen LogP contribution in [0.25, 0.3) is 43.8 Å². The maximum Gasteiger partial charge on any atom is -0.000433 e. The molecule has 0 saturated carbocycles. The lowest BCUT2D eigenvalue weighted by Gasteiger charge is -2.22. The van der Waals surface area contributed by atoms with E-state index in [1.807, 2.05) is 0 Å². The summed E-state index contributed by atoms with van der Waals surface area (Å²) in [5.41, 5.74) is 10.1. The van der Waals surface area contributed by atoms with Gasteiger partial charge in [-0.3, -0.25) is 0 Å². The van der Waals surface area contributed by atoms with Gasteiger partial charge < -0.3 is 0 Å². The zero-order valence-electron chi connectivity index (χ0n) is 18.4. The minimum Gasteiger partial charge on any atom is -0.0616 e. The van der Waals surface area contributed by atoms with Crippen LogP contribution in [0, 0.1) is 0 Å². The van der Waals surface area contributed by atoms with E-state index in [0.717, 1.165) is 6.42 Å². The van der Waals surface area contributed by atoms with E-state index in [4.69, 9.17) is 0 Å². The lowest BCUT2D eigenvalue weighted by atomic mass is 9.82. The summed E-state index contributed by atoms with van der Waals surface area (Å²) in [6, 6.07) is 33.7. The molecule has 0 aliphatic heterocycles. The smallest absolute Gasteiger partial charge is 0.000433 e. The third-order valence-electron chi connectivity index (χ3n) is 6.84. The molecule has 150 valence electrons. The molecule has 0 atom stereocenters. The van der Waals surface area contributed by atoms with E-state index in [9.17, 15) is 0 Å². The fourth-order valence-electron chi connectivity index (χ4n) is 5.48. The van der Waals surface area contributed by atoms with E-state index in [-0.39, 0.29) is 5.41 Å². The Kier molecular flexibility index (Phi) is 3.89. The Labute approximate surface area is 184 Å². The van der Waals surface area contributed by atoms with Crippen molar-refractivity contribution in [3.63, 3.8) is 0 Å². The molecular formula is C31H26. The summed E-state index contributed by atoms with van der Waals surface area (Å²) in [4.78, 5) is 0. The molecule has 0 heteroatoms. The Morgan fingerprint density at radius 2 is 1.10 bits per heavy atom. The van der Waals surface area contributed by atoms with Crippen LogP contribution in [-0.4, -0.2) is 0 Å². The van der Waals surface area contributed by atoms with Crippen molar-refractivity contribution in [3.8, 4) is 22.3 Å². The van der Waals surface area contributed by atoms with Gasteiger partial charge in [0.15, 0.2) is 0 Å². The fourth-order valence-corrected chi connectivity index (χ4v) is 5.48. The number of rotatable bonds is 1. The zero-order chi connectivity index (χ0) is 21.2. The van der Waals surface area contributed by atoms with Crippen molar-refractivity contribution in [2.45, 2.75) is 32.6 Å². The average Bonchev–Trinajstić information content (AvgIpc) is 3.16. The molecule has 0 heterocycles. The minimum atomic E-state index is 0.139. The van der Waals surface area contributed by atoms with Gasteiger partial charge in [-0.05, 0) is 78.4 Å². The zero-order valence-corrected chi connectivity index (χ0v) is 18.4. The highest BCUT2D eigenvalue weighted by atomic mass is 14.3. The van der Waals surface area contributed by atoms with Crippen molar-refractivity contribution in [1.82, 2.24) is 0 Å². The molecule has 6 rings (SSSR count). The SMILES string of the molecule is CC(C)(C)c1cccc2c1Cc1c-2cccc1-c1c2ccccc2cc2ccccc12.